The van der Waals surface area contributed by atoms with E-state index in [0.717, 1.165) is 31.4 Å². The fourth-order valence-corrected chi connectivity index (χ4v) is 2.91. The Hall–Kier alpha value is -1.13. The summed E-state index contributed by atoms with van der Waals surface area (Å²) in [5, 5.41) is 3.40. The van der Waals surface area contributed by atoms with Crippen molar-refractivity contribution in [2.24, 2.45) is 0 Å². The van der Waals surface area contributed by atoms with E-state index in [4.69, 9.17) is 9.47 Å². The number of rotatable bonds is 2. The van der Waals surface area contributed by atoms with Gasteiger partial charge in [0.2, 0.25) is 0 Å². The molecular formula is C15H20FNO2. The molecule has 3 nitrogen and oxygen atoms in total. The Kier molecular flexibility index (Phi) is 3.46. The van der Waals surface area contributed by atoms with Crippen molar-refractivity contribution in [3.63, 3.8) is 0 Å². The highest BCUT2D eigenvalue weighted by molar-refractivity contribution is 5.46. The summed E-state index contributed by atoms with van der Waals surface area (Å²) in [5.41, 5.74) is 1.54. The molecule has 0 radical (unpaired) electrons. The smallest absolute Gasteiger partial charge is 0.168 e. The molecule has 1 aliphatic heterocycles. The highest BCUT2D eigenvalue weighted by Gasteiger charge is 2.40. The number of aryl methyl sites for hydroxylation is 1. The normalized spacial score (nSPS) is 22.8. The van der Waals surface area contributed by atoms with Gasteiger partial charge in [-0.25, -0.2) is 4.39 Å². The maximum absolute atomic E-state index is 13.5. The van der Waals surface area contributed by atoms with Crippen LogP contribution in [0.1, 0.15) is 31.2 Å². The molecule has 1 aliphatic carbocycles. The number of anilines is 1. The molecule has 0 aromatic heterocycles. The van der Waals surface area contributed by atoms with E-state index in [9.17, 15) is 4.39 Å². The van der Waals surface area contributed by atoms with Gasteiger partial charge in [0.25, 0.3) is 0 Å². The number of ether oxygens (including phenoxy) is 2. The number of hydrogen-bond donors (Lipinski definition) is 1. The predicted octanol–water partition coefficient (Wildman–Crippen LogP) is 3.23. The van der Waals surface area contributed by atoms with Gasteiger partial charge in [-0.05, 0) is 37.5 Å². The highest BCUT2D eigenvalue weighted by atomic mass is 19.1. The van der Waals surface area contributed by atoms with Crippen molar-refractivity contribution in [1.82, 2.24) is 0 Å². The maximum Gasteiger partial charge on any atom is 0.168 e. The van der Waals surface area contributed by atoms with Crippen LogP contribution in [0.15, 0.2) is 18.2 Å². The van der Waals surface area contributed by atoms with Crippen LogP contribution in [0.4, 0.5) is 10.1 Å². The van der Waals surface area contributed by atoms with Crippen molar-refractivity contribution in [1.29, 1.82) is 0 Å². The summed E-state index contributed by atoms with van der Waals surface area (Å²) in [6, 6.07) is 5.69. The lowest BCUT2D eigenvalue weighted by molar-refractivity contribution is -0.177. The zero-order chi connectivity index (χ0) is 13.3. The lowest BCUT2D eigenvalue weighted by Crippen LogP contribution is -2.39. The van der Waals surface area contributed by atoms with Gasteiger partial charge in [-0.15, -0.1) is 0 Å². The molecule has 1 heterocycles. The molecule has 3 rings (SSSR count). The molecule has 1 N–H and O–H groups in total. The van der Waals surface area contributed by atoms with Gasteiger partial charge in [0, 0.05) is 24.6 Å². The van der Waals surface area contributed by atoms with Gasteiger partial charge >= 0.3 is 0 Å². The molecule has 1 saturated heterocycles. The maximum atomic E-state index is 13.5. The van der Waals surface area contributed by atoms with E-state index >= 15 is 0 Å². The predicted molar refractivity (Wildman–Crippen MR) is 71.7 cm³/mol. The molecule has 1 aromatic carbocycles. The standard InChI is InChI=1S/C15H20FNO2/c1-11-2-3-13(10-14(11)16)17-12-4-6-15(7-5-12)18-8-9-19-15/h2-3,10,12,17H,4-9H2,1H3. The van der Waals surface area contributed by atoms with Gasteiger partial charge in [-0.1, -0.05) is 6.07 Å². The SMILES string of the molecule is Cc1ccc(NC2CCC3(CC2)OCCO3)cc1F. The van der Waals surface area contributed by atoms with Gasteiger partial charge < -0.3 is 14.8 Å². The Balaban J connectivity index is 1.58. The number of halogens is 1. The minimum Gasteiger partial charge on any atom is -0.382 e. The number of nitrogens with one attached hydrogen (secondary N) is 1. The van der Waals surface area contributed by atoms with Crippen molar-refractivity contribution >= 4 is 5.69 Å². The van der Waals surface area contributed by atoms with Crippen molar-refractivity contribution in [2.75, 3.05) is 18.5 Å². The Morgan fingerprint density at radius 2 is 1.89 bits per heavy atom. The van der Waals surface area contributed by atoms with E-state index in [0.29, 0.717) is 24.8 Å². The molecule has 0 amide bonds. The lowest BCUT2D eigenvalue weighted by Gasteiger charge is -2.36. The van der Waals surface area contributed by atoms with Crippen LogP contribution in [0.2, 0.25) is 0 Å². The fourth-order valence-electron chi connectivity index (χ4n) is 2.91. The summed E-state index contributed by atoms with van der Waals surface area (Å²) >= 11 is 0. The minimum atomic E-state index is -0.323. The van der Waals surface area contributed by atoms with Gasteiger partial charge in [-0.2, -0.15) is 0 Å². The number of benzene rings is 1. The summed E-state index contributed by atoms with van der Waals surface area (Å²) in [7, 11) is 0. The molecule has 0 unspecified atom stereocenters. The van der Waals surface area contributed by atoms with E-state index in [1.807, 2.05) is 12.1 Å². The Labute approximate surface area is 113 Å². The molecule has 2 fully saturated rings. The average molecular weight is 265 g/mol. The average Bonchev–Trinajstić information content (AvgIpc) is 2.86. The summed E-state index contributed by atoms with van der Waals surface area (Å²) in [6.45, 7) is 3.20. The molecule has 1 aromatic rings. The monoisotopic (exact) mass is 265 g/mol. The van der Waals surface area contributed by atoms with Crippen molar-refractivity contribution < 1.29 is 13.9 Å². The highest BCUT2D eigenvalue weighted by Crippen LogP contribution is 2.36. The first-order valence-corrected chi connectivity index (χ1v) is 6.97. The zero-order valence-electron chi connectivity index (χ0n) is 11.2. The van der Waals surface area contributed by atoms with E-state index in [1.165, 1.54) is 0 Å². The Morgan fingerprint density at radius 1 is 1.21 bits per heavy atom. The fraction of sp³-hybridized carbons (Fsp3) is 0.600. The molecule has 1 spiro atoms. The summed E-state index contributed by atoms with van der Waals surface area (Å²) < 4.78 is 24.9. The molecule has 0 atom stereocenters. The summed E-state index contributed by atoms with van der Waals surface area (Å²) in [6.07, 6.45) is 3.82. The molecule has 1 saturated carbocycles. The molecule has 2 aliphatic rings. The van der Waals surface area contributed by atoms with Crippen LogP contribution in [0.25, 0.3) is 0 Å². The van der Waals surface area contributed by atoms with Crippen LogP contribution in [-0.4, -0.2) is 25.0 Å². The minimum absolute atomic E-state index is 0.153. The van der Waals surface area contributed by atoms with Crippen LogP contribution in [0, 0.1) is 12.7 Å². The second-order valence-electron chi connectivity index (χ2n) is 5.49. The third-order valence-electron chi connectivity index (χ3n) is 4.10. The van der Waals surface area contributed by atoms with Crippen LogP contribution >= 0.6 is 0 Å². The van der Waals surface area contributed by atoms with E-state index in [1.54, 1.807) is 13.0 Å². The second kappa shape index (κ2) is 5.10. The van der Waals surface area contributed by atoms with Crippen molar-refractivity contribution in [2.45, 2.75) is 44.4 Å². The van der Waals surface area contributed by atoms with Gasteiger partial charge in [-0.3, -0.25) is 0 Å². The Bertz CT molecular complexity index is 447. The van der Waals surface area contributed by atoms with E-state index in [-0.39, 0.29) is 11.6 Å². The largest absolute Gasteiger partial charge is 0.382 e. The van der Waals surface area contributed by atoms with Gasteiger partial charge in [0.15, 0.2) is 5.79 Å². The topological polar surface area (TPSA) is 30.5 Å². The molecule has 4 heteroatoms. The van der Waals surface area contributed by atoms with Crippen molar-refractivity contribution in [3.05, 3.63) is 29.6 Å². The quantitative estimate of drug-likeness (QED) is 0.890. The summed E-state index contributed by atoms with van der Waals surface area (Å²) in [5.74, 6) is -0.476. The first-order valence-electron chi connectivity index (χ1n) is 6.97. The molecule has 104 valence electrons. The first kappa shape index (κ1) is 12.9. The van der Waals surface area contributed by atoms with Gasteiger partial charge in [0.1, 0.15) is 5.82 Å². The van der Waals surface area contributed by atoms with E-state index in [2.05, 4.69) is 5.32 Å². The van der Waals surface area contributed by atoms with E-state index < -0.39 is 0 Å². The number of hydrogen-bond acceptors (Lipinski definition) is 3. The van der Waals surface area contributed by atoms with Crippen LogP contribution in [0.3, 0.4) is 0 Å². The third kappa shape index (κ3) is 2.74. The van der Waals surface area contributed by atoms with Crippen LogP contribution in [0.5, 0.6) is 0 Å². The second-order valence-corrected chi connectivity index (χ2v) is 5.49. The van der Waals surface area contributed by atoms with Crippen LogP contribution in [-0.2, 0) is 9.47 Å². The zero-order valence-corrected chi connectivity index (χ0v) is 11.2. The van der Waals surface area contributed by atoms with Gasteiger partial charge in [0.05, 0.1) is 13.2 Å². The molecular weight excluding hydrogens is 245 g/mol. The summed E-state index contributed by atoms with van der Waals surface area (Å²) in [4.78, 5) is 0. The Morgan fingerprint density at radius 3 is 2.53 bits per heavy atom. The van der Waals surface area contributed by atoms with Crippen LogP contribution < -0.4 is 5.32 Å². The molecule has 19 heavy (non-hydrogen) atoms. The third-order valence-corrected chi connectivity index (χ3v) is 4.10. The van der Waals surface area contributed by atoms with Crippen molar-refractivity contribution in [3.8, 4) is 0 Å². The molecule has 0 bridgehead atoms. The first-order chi connectivity index (χ1) is 9.17. The lowest BCUT2D eigenvalue weighted by atomic mass is 9.90.